The Balaban J connectivity index is 2.68. The van der Waals surface area contributed by atoms with E-state index in [-0.39, 0.29) is 17.5 Å². The predicted octanol–water partition coefficient (Wildman–Crippen LogP) is 21.1. The number of unbranched alkanes of at least 4 members (excludes halogenated alkanes) is 41. The lowest BCUT2D eigenvalue weighted by Gasteiger charge is -2.18. The van der Waals surface area contributed by atoms with Gasteiger partial charge >= 0.3 is 5.97 Å². The minimum Gasteiger partial charge on any atom is -0.466 e. The van der Waals surface area contributed by atoms with Crippen molar-refractivity contribution in [2.75, 3.05) is 6.61 Å². The van der Waals surface area contributed by atoms with Crippen LogP contribution in [0, 0.1) is 0 Å². The Labute approximate surface area is 411 Å². The molecule has 1 unspecified atom stereocenters. The number of carbonyl (C=O) groups excluding carboxylic acids is 3. The summed E-state index contributed by atoms with van der Waals surface area (Å²) >= 11 is 0. The molecule has 4 heteroatoms. The van der Waals surface area contributed by atoms with Crippen LogP contribution in [0.15, 0.2) is 18.2 Å². The van der Waals surface area contributed by atoms with Gasteiger partial charge < -0.3 is 4.74 Å². The van der Waals surface area contributed by atoms with Gasteiger partial charge in [-0.2, -0.15) is 0 Å². The van der Waals surface area contributed by atoms with E-state index in [4.69, 9.17) is 4.74 Å². The molecule has 0 saturated carbocycles. The third kappa shape index (κ3) is 36.1. The number of rotatable bonds is 52. The number of benzene rings is 1. The van der Waals surface area contributed by atoms with Gasteiger partial charge in [-0.3, -0.25) is 14.4 Å². The predicted molar refractivity (Wildman–Crippen MR) is 288 cm³/mol. The van der Waals surface area contributed by atoms with Gasteiger partial charge in [-0.25, -0.2) is 0 Å². The van der Waals surface area contributed by atoms with Crippen LogP contribution in [0.4, 0.5) is 0 Å². The second-order valence-electron chi connectivity index (χ2n) is 20.7. The van der Waals surface area contributed by atoms with E-state index in [1.807, 2.05) is 25.1 Å². The molecule has 1 aromatic rings. The first kappa shape index (κ1) is 62.0. The van der Waals surface area contributed by atoms with Crippen molar-refractivity contribution in [2.45, 2.75) is 335 Å². The first-order chi connectivity index (χ1) is 32.5. The van der Waals surface area contributed by atoms with E-state index in [1.165, 1.54) is 244 Å². The van der Waals surface area contributed by atoms with Crippen molar-refractivity contribution >= 4 is 17.5 Å². The standard InChI is InChI=1S/C62H112O4/c1-5-9-12-15-18-21-24-27-30-33-36-39-42-45-48-51-60(63)58-54-53-56(55-59(58)61(64)52-49-46-43-40-37-34-31-28-25-22-19-16-13-10-6-2)57(62(65)66-8-4)50-47-44-41-38-35-32-29-26-23-20-17-14-11-7-3/h53-55,57H,5-52H2,1-4H3. The molecule has 0 aliphatic rings. The van der Waals surface area contributed by atoms with Gasteiger partial charge in [0.2, 0.25) is 0 Å². The number of carbonyl (C=O) groups is 3. The molecule has 0 bridgehead atoms. The summed E-state index contributed by atoms with van der Waals surface area (Å²) in [6.45, 7) is 9.06. The van der Waals surface area contributed by atoms with Crippen molar-refractivity contribution in [1.82, 2.24) is 0 Å². The summed E-state index contributed by atoms with van der Waals surface area (Å²) in [6.07, 6.45) is 58.7. The molecule has 1 rings (SSSR count). The van der Waals surface area contributed by atoms with Gasteiger partial charge in [-0.05, 0) is 37.8 Å². The van der Waals surface area contributed by atoms with Crippen LogP contribution in [-0.4, -0.2) is 24.1 Å². The highest BCUT2D eigenvalue weighted by atomic mass is 16.5. The number of ketones is 2. The Morgan fingerprint density at radius 1 is 0.348 bits per heavy atom. The van der Waals surface area contributed by atoms with Crippen LogP contribution in [0.2, 0.25) is 0 Å². The first-order valence-electron chi connectivity index (χ1n) is 29.9. The second kappa shape index (κ2) is 48.1. The van der Waals surface area contributed by atoms with E-state index >= 15 is 0 Å². The Hall–Kier alpha value is -1.97. The monoisotopic (exact) mass is 921 g/mol. The average Bonchev–Trinajstić information content (AvgIpc) is 3.32. The fraction of sp³-hybridized carbons (Fsp3) is 0.855. The summed E-state index contributed by atoms with van der Waals surface area (Å²) in [4.78, 5) is 41.3. The molecule has 1 aromatic carbocycles. The molecule has 0 aromatic heterocycles. The lowest BCUT2D eigenvalue weighted by molar-refractivity contribution is -0.145. The molecule has 66 heavy (non-hydrogen) atoms. The molecule has 4 nitrogen and oxygen atoms in total. The second-order valence-corrected chi connectivity index (χ2v) is 20.7. The molecule has 384 valence electrons. The number of Topliss-reactive ketones (excluding diaryl/α,β-unsaturated/α-hetero) is 2. The highest BCUT2D eigenvalue weighted by molar-refractivity contribution is 6.09. The summed E-state index contributed by atoms with van der Waals surface area (Å²) in [7, 11) is 0. The molecule has 0 radical (unpaired) electrons. The highest BCUT2D eigenvalue weighted by Gasteiger charge is 2.25. The zero-order valence-corrected chi connectivity index (χ0v) is 44.9. The van der Waals surface area contributed by atoms with E-state index in [1.54, 1.807) is 0 Å². The third-order valence-electron chi connectivity index (χ3n) is 14.5. The van der Waals surface area contributed by atoms with E-state index in [2.05, 4.69) is 20.8 Å². The molecular formula is C62H112O4. The maximum Gasteiger partial charge on any atom is 0.313 e. The van der Waals surface area contributed by atoms with Crippen molar-refractivity contribution in [2.24, 2.45) is 0 Å². The minimum atomic E-state index is -0.403. The zero-order chi connectivity index (χ0) is 47.8. The molecule has 0 aliphatic heterocycles. The number of hydrogen-bond acceptors (Lipinski definition) is 4. The fourth-order valence-electron chi connectivity index (χ4n) is 10.0. The molecule has 0 spiro atoms. The maximum atomic E-state index is 14.0. The van der Waals surface area contributed by atoms with Crippen LogP contribution in [0.3, 0.4) is 0 Å². The van der Waals surface area contributed by atoms with Gasteiger partial charge in [0.05, 0.1) is 12.5 Å². The zero-order valence-electron chi connectivity index (χ0n) is 44.9. The van der Waals surface area contributed by atoms with Gasteiger partial charge in [-0.1, -0.05) is 303 Å². The molecule has 1 atom stereocenters. The minimum absolute atomic E-state index is 0.0606. The lowest BCUT2D eigenvalue weighted by atomic mass is 9.87. The summed E-state index contributed by atoms with van der Waals surface area (Å²) in [5.41, 5.74) is 1.94. The van der Waals surface area contributed by atoms with E-state index in [0.29, 0.717) is 30.6 Å². The average molecular weight is 922 g/mol. The molecule has 0 heterocycles. The summed E-state index contributed by atoms with van der Waals surface area (Å²) < 4.78 is 5.61. The van der Waals surface area contributed by atoms with Crippen LogP contribution in [-0.2, 0) is 9.53 Å². The van der Waals surface area contributed by atoms with Crippen LogP contribution < -0.4 is 0 Å². The van der Waals surface area contributed by atoms with Crippen LogP contribution in [0.5, 0.6) is 0 Å². The first-order valence-corrected chi connectivity index (χ1v) is 29.9. The number of esters is 1. The van der Waals surface area contributed by atoms with Crippen molar-refractivity contribution in [3.63, 3.8) is 0 Å². The molecule has 0 N–H and O–H groups in total. The van der Waals surface area contributed by atoms with E-state index < -0.39 is 5.92 Å². The summed E-state index contributed by atoms with van der Waals surface area (Å²) in [5, 5.41) is 0. The van der Waals surface area contributed by atoms with Crippen LogP contribution in [0.25, 0.3) is 0 Å². The molecule has 0 saturated heterocycles. The highest BCUT2D eigenvalue weighted by Crippen LogP contribution is 2.29. The van der Waals surface area contributed by atoms with Gasteiger partial charge in [0.1, 0.15) is 0 Å². The Kier molecular flexibility index (Phi) is 45.2. The maximum absolute atomic E-state index is 14.0. The van der Waals surface area contributed by atoms with Crippen molar-refractivity contribution in [1.29, 1.82) is 0 Å². The SMILES string of the molecule is CCCCCCCCCCCCCCCCCC(=O)c1ccc(C(CCCCCCCCCCCCCCCC)C(=O)OCC)cc1C(=O)CCCCCCCCCCCCCCCCC. The van der Waals surface area contributed by atoms with Crippen molar-refractivity contribution < 1.29 is 19.1 Å². The van der Waals surface area contributed by atoms with Crippen molar-refractivity contribution in [3.05, 3.63) is 34.9 Å². The van der Waals surface area contributed by atoms with Gasteiger partial charge in [0, 0.05) is 24.0 Å². The van der Waals surface area contributed by atoms with Gasteiger partial charge in [0.25, 0.3) is 0 Å². The topological polar surface area (TPSA) is 60.4 Å². The third-order valence-corrected chi connectivity index (χ3v) is 14.5. The number of hydrogen-bond donors (Lipinski definition) is 0. The Morgan fingerprint density at radius 3 is 0.924 bits per heavy atom. The van der Waals surface area contributed by atoms with Gasteiger partial charge in [0.15, 0.2) is 11.6 Å². The lowest BCUT2D eigenvalue weighted by Crippen LogP contribution is -2.18. The van der Waals surface area contributed by atoms with Gasteiger partial charge in [-0.15, -0.1) is 0 Å². The Morgan fingerprint density at radius 2 is 0.621 bits per heavy atom. The normalized spacial score (nSPS) is 11.9. The van der Waals surface area contributed by atoms with Crippen LogP contribution in [0.1, 0.15) is 362 Å². The fourth-order valence-corrected chi connectivity index (χ4v) is 10.0. The smallest absolute Gasteiger partial charge is 0.313 e. The molecule has 0 aliphatic carbocycles. The Bertz CT molecular complexity index is 1240. The summed E-state index contributed by atoms with van der Waals surface area (Å²) in [6, 6.07) is 5.74. The summed E-state index contributed by atoms with van der Waals surface area (Å²) in [5.74, 6) is -0.467. The quantitative estimate of drug-likeness (QED) is 0.0371. The molecule has 0 amide bonds. The van der Waals surface area contributed by atoms with E-state index in [0.717, 1.165) is 50.5 Å². The number of ether oxygens (including phenoxy) is 1. The molecule has 0 fully saturated rings. The molecular weight excluding hydrogens is 809 g/mol. The largest absolute Gasteiger partial charge is 0.466 e. The van der Waals surface area contributed by atoms with Crippen LogP contribution >= 0.6 is 0 Å². The van der Waals surface area contributed by atoms with Crippen molar-refractivity contribution in [3.8, 4) is 0 Å². The van der Waals surface area contributed by atoms with E-state index in [9.17, 15) is 14.4 Å².